The Labute approximate surface area is 139 Å². The molecule has 1 aromatic heterocycles. The van der Waals surface area contributed by atoms with Gasteiger partial charge in [-0.2, -0.15) is 0 Å². The van der Waals surface area contributed by atoms with Gasteiger partial charge in [0.25, 0.3) is 5.91 Å². The van der Waals surface area contributed by atoms with Crippen molar-refractivity contribution in [1.82, 2.24) is 14.9 Å². The molecule has 1 unspecified atom stereocenters. The maximum absolute atomic E-state index is 12.7. The van der Waals surface area contributed by atoms with E-state index in [1.54, 1.807) is 12.3 Å². The molecule has 2 fully saturated rings. The summed E-state index contributed by atoms with van der Waals surface area (Å²) >= 11 is 0. The molecule has 2 aliphatic rings. The van der Waals surface area contributed by atoms with Gasteiger partial charge in [0.15, 0.2) is 0 Å². The lowest BCUT2D eigenvalue weighted by atomic mass is 9.99. The van der Waals surface area contributed by atoms with Gasteiger partial charge in [0.05, 0.1) is 0 Å². The van der Waals surface area contributed by atoms with Crippen LogP contribution in [0.1, 0.15) is 62.9 Å². The lowest BCUT2D eigenvalue weighted by Gasteiger charge is -2.35. The van der Waals surface area contributed by atoms with E-state index in [9.17, 15) is 4.79 Å². The number of piperidine rings is 2. The van der Waals surface area contributed by atoms with E-state index in [-0.39, 0.29) is 5.91 Å². The largest absolute Gasteiger partial charge is 0.338 e. The average molecular weight is 316 g/mol. The Morgan fingerprint density at radius 1 is 1.22 bits per heavy atom. The SMILES string of the molecule is CCC1CCCCN1c1nccc(C(=O)N2CCC(C)CC2)n1. The number of carbonyl (C=O) groups is 1. The van der Waals surface area contributed by atoms with Crippen LogP contribution in [0.4, 0.5) is 5.95 Å². The molecule has 23 heavy (non-hydrogen) atoms. The Kier molecular flexibility index (Phi) is 5.13. The molecule has 0 aromatic carbocycles. The lowest BCUT2D eigenvalue weighted by Crippen LogP contribution is -2.41. The normalized spacial score (nSPS) is 23.1. The first-order valence-electron chi connectivity index (χ1n) is 9.08. The number of carbonyl (C=O) groups excluding carboxylic acids is 1. The van der Waals surface area contributed by atoms with Gasteiger partial charge in [0.2, 0.25) is 5.95 Å². The summed E-state index contributed by atoms with van der Waals surface area (Å²) in [6.45, 7) is 7.16. The van der Waals surface area contributed by atoms with Gasteiger partial charge in [-0.1, -0.05) is 13.8 Å². The highest BCUT2D eigenvalue weighted by Crippen LogP contribution is 2.24. The molecule has 2 aliphatic heterocycles. The second-order valence-corrected chi connectivity index (χ2v) is 6.97. The summed E-state index contributed by atoms with van der Waals surface area (Å²) in [5.41, 5.74) is 0.546. The topological polar surface area (TPSA) is 49.3 Å². The third-order valence-corrected chi connectivity index (χ3v) is 5.29. The van der Waals surface area contributed by atoms with Crippen LogP contribution in [0.25, 0.3) is 0 Å². The molecule has 0 radical (unpaired) electrons. The molecule has 5 heteroatoms. The fourth-order valence-electron chi connectivity index (χ4n) is 3.67. The maximum atomic E-state index is 12.7. The summed E-state index contributed by atoms with van der Waals surface area (Å²) in [5, 5.41) is 0. The second kappa shape index (κ2) is 7.28. The Balaban J connectivity index is 1.75. The average Bonchev–Trinajstić information content (AvgIpc) is 2.62. The number of anilines is 1. The molecule has 0 aliphatic carbocycles. The van der Waals surface area contributed by atoms with Crippen molar-refractivity contribution in [3.8, 4) is 0 Å². The molecule has 3 rings (SSSR count). The molecule has 2 saturated heterocycles. The third-order valence-electron chi connectivity index (χ3n) is 5.29. The van der Waals surface area contributed by atoms with E-state index in [0.717, 1.165) is 50.8 Å². The highest BCUT2D eigenvalue weighted by molar-refractivity contribution is 5.92. The summed E-state index contributed by atoms with van der Waals surface area (Å²) in [6, 6.07) is 2.26. The third kappa shape index (κ3) is 3.65. The Morgan fingerprint density at radius 3 is 2.74 bits per heavy atom. The first-order valence-corrected chi connectivity index (χ1v) is 9.08. The number of amides is 1. The fourth-order valence-corrected chi connectivity index (χ4v) is 3.67. The summed E-state index contributed by atoms with van der Waals surface area (Å²) in [6.07, 6.45) is 8.68. The molecule has 126 valence electrons. The summed E-state index contributed by atoms with van der Waals surface area (Å²) in [7, 11) is 0. The van der Waals surface area contributed by atoms with Crippen LogP contribution in [0.5, 0.6) is 0 Å². The fraction of sp³-hybridized carbons (Fsp3) is 0.722. The van der Waals surface area contributed by atoms with E-state index < -0.39 is 0 Å². The number of aromatic nitrogens is 2. The van der Waals surface area contributed by atoms with Gasteiger partial charge in [-0.05, 0) is 50.5 Å². The molecule has 5 nitrogen and oxygen atoms in total. The van der Waals surface area contributed by atoms with Crippen molar-refractivity contribution >= 4 is 11.9 Å². The summed E-state index contributed by atoms with van der Waals surface area (Å²) in [5.74, 6) is 1.51. The standard InChI is InChI=1S/C18H28N4O/c1-3-15-6-4-5-11-22(15)18-19-10-7-16(20-18)17(23)21-12-8-14(2)9-13-21/h7,10,14-15H,3-6,8-9,11-13H2,1-2H3. The van der Waals surface area contributed by atoms with E-state index in [1.165, 1.54) is 19.3 Å². The van der Waals surface area contributed by atoms with Gasteiger partial charge in [-0.25, -0.2) is 9.97 Å². The van der Waals surface area contributed by atoms with Gasteiger partial charge in [-0.3, -0.25) is 4.79 Å². The monoisotopic (exact) mass is 316 g/mol. The Bertz CT molecular complexity index is 540. The van der Waals surface area contributed by atoms with E-state index >= 15 is 0 Å². The van der Waals surface area contributed by atoms with Gasteiger partial charge in [0, 0.05) is 31.9 Å². The number of likely N-dealkylation sites (tertiary alicyclic amines) is 1. The van der Waals surface area contributed by atoms with E-state index in [0.29, 0.717) is 11.7 Å². The minimum atomic E-state index is 0.0607. The number of hydrogen-bond donors (Lipinski definition) is 0. The molecule has 0 bridgehead atoms. The molecule has 0 N–H and O–H groups in total. The molecule has 1 atom stereocenters. The lowest BCUT2D eigenvalue weighted by molar-refractivity contribution is 0.0691. The van der Waals surface area contributed by atoms with Crippen molar-refractivity contribution in [3.63, 3.8) is 0 Å². The zero-order valence-corrected chi connectivity index (χ0v) is 14.4. The first kappa shape index (κ1) is 16.2. The van der Waals surface area contributed by atoms with Crippen molar-refractivity contribution in [2.45, 2.75) is 58.4 Å². The molecule has 3 heterocycles. The predicted octanol–water partition coefficient (Wildman–Crippen LogP) is 3.12. The van der Waals surface area contributed by atoms with Crippen LogP contribution in [0, 0.1) is 5.92 Å². The highest BCUT2D eigenvalue weighted by Gasteiger charge is 2.26. The van der Waals surface area contributed by atoms with Gasteiger partial charge in [-0.15, -0.1) is 0 Å². The minimum Gasteiger partial charge on any atom is -0.338 e. The molecule has 1 amide bonds. The van der Waals surface area contributed by atoms with Crippen LogP contribution >= 0.6 is 0 Å². The quantitative estimate of drug-likeness (QED) is 0.859. The number of nitrogens with zero attached hydrogens (tertiary/aromatic N) is 4. The van der Waals surface area contributed by atoms with Gasteiger partial charge in [0.1, 0.15) is 5.69 Å². The van der Waals surface area contributed by atoms with Crippen molar-refractivity contribution in [3.05, 3.63) is 18.0 Å². The van der Waals surface area contributed by atoms with Crippen LogP contribution in [-0.2, 0) is 0 Å². The molecule has 1 aromatic rings. The van der Waals surface area contributed by atoms with E-state index in [1.807, 2.05) is 4.90 Å². The van der Waals surface area contributed by atoms with E-state index in [4.69, 9.17) is 0 Å². The van der Waals surface area contributed by atoms with Crippen molar-refractivity contribution in [2.24, 2.45) is 5.92 Å². The number of hydrogen-bond acceptors (Lipinski definition) is 4. The van der Waals surface area contributed by atoms with Crippen molar-refractivity contribution in [1.29, 1.82) is 0 Å². The second-order valence-electron chi connectivity index (χ2n) is 6.97. The van der Waals surface area contributed by atoms with Gasteiger partial charge >= 0.3 is 0 Å². The van der Waals surface area contributed by atoms with Gasteiger partial charge < -0.3 is 9.80 Å². The zero-order chi connectivity index (χ0) is 16.2. The van der Waals surface area contributed by atoms with Crippen molar-refractivity contribution in [2.75, 3.05) is 24.5 Å². The zero-order valence-electron chi connectivity index (χ0n) is 14.4. The first-order chi connectivity index (χ1) is 11.2. The highest BCUT2D eigenvalue weighted by atomic mass is 16.2. The van der Waals surface area contributed by atoms with Crippen LogP contribution < -0.4 is 4.90 Å². The molecule has 0 spiro atoms. The maximum Gasteiger partial charge on any atom is 0.272 e. The van der Waals surface area contributed by atoms with Crippen LogP contribution in [0.2, 0.25) is 0 Å². The van der Waals surface area contributed by atoms with Crippen LogP contribution in [0.15, 0.2) is 12.3 Å². The predicted molar refractivity (Wildman–Crippen MR) is 91.6 cm³/mol. The smallest absolute Gasteiger partial charge is 0.272 e. The van der Waals surface area contributed by atoms with Crippen molar-refractivity contribution < 1.29 is 4.79 Å². The Morgan fingerprint density at radius 2 is 2.00 bits per heavy atom. The minimum absolute atomic E-state index is 0.0607. The van der Waals surface area contributed by atoms with E-state index in [2.05, 4.69) is 28.7 Å². The molecular formula is C18H28N4O. The molecule has 0 saturated carbocycles. The summed E-state index contributed by atoms with van der Waals surface area (Å²) in [4.78, 5) is 26.0. The summed E-state index contributed by atoms with van der Waals surface area (Å²) < 4.78 is 0. The Hall–Kier alpha value is -1.65. The number of rotatable bonds is 3. The van der Waals surface area contributed by atoms with Crippen LogP contribution in [-0.4, -0.2) is 46.5 Å². The molecular weight excluding hydrogens is 288 g/mol. The van der Waals surface area contributed by atoms with Crippen LogP contribution in [0.3, 0.4) is 0 Å².